The van der Waals surface area contributed by atoms with Crippen LogP contribution >= 0.6 is 34.8 Å². The first-order valence-electron chi connectivity index (χ1n) is 6.09. The molecule has 1 fully saturated rings. The van der Waals surface area contributed by atoms with Gasteiger partial charge in [0, 0.05) is 23.7 Å². The SMILES string of the molecule is CN1CCC(CNCc2c(Cl)ccc(Cl)c2Cl)C1. The molecular weight excluding hydrogens is 291 g/mol. The Morgan fingerprint density at radius 3 is 2.67 bits per heavy atom. The van der Waals surface area contributed by atoms with Crippen molar-refractivity contribution in [2.24, 2.45) is 5.92 Å². The Balaban J connectivity index is 1.88. The van der Waals surface area contributed by atoms with Gasteiger partial charge in [-0.2, -0.15) is 0 Å². The molecule has 100 valence electrons. The van der Waals surface area contributed by atoms with Crippen LogP contribution in [0.5, 0.6) is 0 Å². The van der Waals surface area contributed by atoms with Gasteiger partial charge in [0.1, 0.15) is 0 Å². The number of rotatable bonds is 4. The molecular formula is C13H17Cl3N2. The molecule has 0 radical (unpaired) electrons. The van der Waals surface area contributed by atoms with E-state index < -0.39 is 0 Å². The van der Waals surface area contributed by atoms with E-state index in [2.05, 4.69) is 17.3 Å². The van der Waals surface area contributed by atoms with Crippen molar-refractivity contribution in [3.05, 3.63) is 32.8 Å². The van der Waals surface area contributed by atoms with Crippen LogP contribution in [0.1, 0.15) is 12.0 Å². The molecule has 1 N–H and O–H groups in total. The third-order valence-corrected chi connectivity index (χ3v) is 4.56. The van der Waals surface area contributed by atoms with Gasteiger partial charge in [-0.1, -0.05) is 34.8 Å². The monoisotopic (exact) mass is 306 g/mol. The molecule has 2 nitrogen and oxygen atoms in total. The maximum Gasteiger partial charge on any atom is 0.0652 e. The zero-order valence-electron chi connectivity index (χ0n) is 10.3. The summed E-state index contributed by atoms with van der Waals surface area (Å²) in [5.74, 6) is 0.715. The van der Waals surface area contributed by atoms with Crippen LogP contribution in [0.3, 0.4) is 0 Å². The number of nitrogens with zero attached hydrogens (tertiary/aromatic N) is 1. The van der Waals surface area contributed by atoms with Crippen molar-refractivity contribution in [1.82, 2.24) is 10.2 Å². The average Bonchev–Trinajstić information content (AvgIpc) is 2.74. The van der Waals surface area contributed by atoms with E-state index >= 15 is 0 Å². The molecule has 5 heteroatoms. The molecule has 0 aromatic heterocycles. The summed E-state index contributed by atoms with van der Waals surface area (Å²) in [6, 6.07) is 3.51. The van der Waals surface area contributed by atoms with Crippen molar-refractivity contribution in [2.75, 3.05) is 26.7 Å². The van der Waals surface area contributed by atoms with E-state index in [0.717, 1.165) is 18.7 Å². The first-order valence-corrected chi connectivity index (χ1v) is 7.23. The zero-order valence-corrected chi connectivity index (χ0v) is 12.6. The molecule has 0 saturated carbocycles. The Labute approximate surface area is 123 Å². The second-order valence-electron chi connectivity index (χ2n) is 4.87. The maximum absolute atomic E-state index is 6.15. The standard InChI is InChI=1S/C13H17Cl3N2/c1-18-5-4-9(8-18)6-17-7-10-11(14)2-3-12(15)13(10)16/h2-3,9,17H,4-8H2,1H3. The van der Waals surface area contributed by atoms with E-state index in [9.17, 15) is 0 Å². The van der Waals surface area contributed by atoms with Gasteiger partial charge in [-0.15, -0.1) is 0 Å². The van der Waals surface area contributed by atoms with Crippen LogP contribution in [0.2, 0.25) is 15.1 Å². The van der Waals surface area contributed by atoms with Crippen molar-refractivity contribution in [3.8, 4) is 0 Å². The Hall–Kier alpha value is 0.01000. The minimum Gasteiger partial charge on any atom is -0.312 e. The fourth-order valence-corrected chi connectivity index (χ4v) is 3.01. The smallest absolute Gasteiger partial charge is 0.0652 e. The molecule has 0 spiro atoms. The highest BCUT2D eigenvalue weighted by molar-refractivity contribution is 6.44. The molecule has 2 rings (SSSR count). The van der Waals surface area contributed by atoms with E-state index in [1.807, 2.05) is 0 Å². The second-order valence-corrected chi connectivity index (χ2v) is 6.06. The number of hydrogen-bond acceptors (Lipinski definition) is 2. The third-order valence-electron chi connectivity index (χ3n) is 3.36. The number of hydrogen-bond donors (Lipinski definition) is 1. The van der Waals surface area contributed by atoms with Crippen LogP contribution in [0.4, 0.5) is 0 Å². The minimum absolute atomic E-state index is 0.554. The molecule has 18 heavy (non-hydrogen) atoms. The molecule has 1 unspecified atom stereocenters. The fraction of sp³-hybridized carbons (Fsp3) is 0.538. The summed E-state index contributed by atoms with van der Waals surface area (Å²) in [5.41, 5.74) is 0.886. The number of halogens is 3. The van der Waals surface area contributed by atoms with Crippen molar-refractivity contribution < 1.29 is 0 Å². The lowest BCUT2D eigenvalue weighted by Gasteiger charge is -2.13. The summed E-state index contributed by atoms with van der Waals surface area (Å²) in [7, 11) is 2.16. The largest absolute Gasteiger partial charge is 0.312 e. The molecule has 1 aliphatic rings. The predicted molar refractivity (Wildman–Crippen MR) is 78.8 cm³/mol. The lowest BCUT2D eigenvalue weighted by atomic mass is 10.1. The fourth-order valence-electron chi connectivity index (χ4n) is 2.33. The van der Waals surface area contributed by atoms with Crippen molar-refractivity contribution >= 4 is 34.8 Å². The minimum atomic E-state index is 0.554. The summed E-state index contributed by atoms with van der Waals surface area (Å²) in [6.45, 7) is 4.00. The predicted octanol–water partition coefficient (Wildman–Crippen LogP) is 3.69. The van der Waals surface area contributed by atoms with Gasteiger partial charge in [-0.3, -0.25) is 0 Å². The van der Waals surface area contributed by atoms with Crippen LogP contribution in [0.15, 0.2) is 12.1 Å². The van der Waals surface area contributed by atoms with E-state index in [1.165, 1.54) is 13.0 Å². The van der Waals surface area contributed by atoms with Crippen LogP contribution in [0, 0.1) is 5.92 Å². The normalized spacial score (nSPS) is 20.6. The van der Waals surface area contributed by atoms with Gasteiger partial charge in [-0.05, 0) is 44.6 Å². The molecule has 1 heterocycles. The van der Waals surface area contributed by atoms with Gasteiger partial charge >= 0.3 is 0 Å². The highest BCUT2D eigenvalue weighted by Crippen LogP contribution is 2.31. The first kappa shape index (κ1) is 14.4. The van der Waals surface area contributed by atoms with Crippen LogP contribution in [0.25, 0.3) is 0 Å². The quantitative estimate of drug-likeness (QED) is 0.854. The van der Waals surface area contributed by atoms with E-state index in [-0.39, 0.29) is 0 Å². The Morgan fingerprint density at radius 2 is 2.00 bits per heavy atom. The van der Waals surface area contributed by atoms with Gasteiger partial charge in [0.2, 0.25) is 0 Å². The second kappa shape index (κ2) is 6.44. The van der Waals surface area contributed by atoms with Crippen LogP contribution in [-0.4, -0.2) is 31.6 Å². The topological polar surface area (TPSA) is 15.3 Å². The summed E-state index contributed by atoms with van der Waals surface area (Å²) >= 11 is 18.3. The van der Waals surface area contributed by atoms with Gasteiger partial charge < -0.3 is 10.2 Å². The molecule has 1 saturated heterocycles. The molecule has 0 amide bonds. The van der Waals surface area contributed by atoms with Crippen LogP contribution < -0.4 is 5.32 Å². The van der Waals surface area contributed by atoms with Crippen LogP contribution in [-0.2, 0) is 6.54 Å². The molecule has 1 aromatic rings. The highest BCUT2D eigenvalue weighted by atomic mass is 35.5. The molecule has 0 aliphatic carbocycles. The Bertz CT molecular complexity index is 423. The third kappa shape index (κ3) is 3.52. The highest BCUT2D eigenvalue weighted by Gasteiger charge is 2.19. The maximum atomic E-state index is 6.15. The van der Waals surface area contributed by atoms with E-state index in [1.54, 1.807) is 12.1 Å². The number of benzene rings is 1. The molecule has 1 atom stereocenters. The van der Waals surface area contributed by atoms with E-state index in [0.29, 0.717) is 27.5 Å². The summed E-state index contributed by atoms with van der Waals surface area (Å²) in [6.07, 6.45) is 1.25. The lowest BCUT2D eigenvalue weighted by Crippen LogP contribution is -2.25. The van der Waals surface area contributed by atoms with Crippen molar-refractivity contribution in [2.45, 2.75) is 13.0 Å². The van der Waals surface area contributed by atoms with Gasteiger partial charge in [-0.25, -0.2) is 0 Å². The van der Waals surface area contributed by atoms with Gasteiger partial charge in [0.15, 0.2) is 0 Å². The summed E-state index contributed by atoms with van der Waals surface area (Å²) in [5, 5.41) is 5.20. The summed E-state index contributed by atoms with van der Waals surface area (Å²) in [4.78, 5) is 2.35. The van der Waals surface area contributed by atoms with Gasteiger partial charge in [0.25, 0.3) is 0 Å². The van der Waals surface area contributed by atoms with Crippen molar-refractivity contribution in [3.63, 3.8) is 0 Å². The lowest BCUT2D eigenvalue weighted by molar-refractivity contribution is 0.388. The Morgan fingerprint density at radius 1 is 1.28 bits per heavy atom. The Kier molecular flexibility index (Phi) is 5.16. The summed E-state index contributed by atoms with van der Waals surface area (Å²) < 4.78 is 0. The van der Waals surface area contributed by atoms with Crippen molar-refractivity contribution in [1.29, 1.82) is 0 Å². The zero-order chi connectivity index (χ0) is 13.1. The molecule has 1 aliphatic heterocycles. The van der Waals surface area contributed by atoms with E-state index in [4.69, 9.17) is 34.8 Å². The average molecular weight is 308 g/mol. The van der Waals surface area contributed by atoms with Gasteiger partial charge in [0.05, 0.1) is 10.0 Å². The number of likely N-dealkylation sites (tertiary alicyclic amines) is 1. The molecule has 1 aromatic carbocycles. The first-order chi connectivity index (χ1) is 8.58. The number of nitrogens with one attached hydrogen (secondary N) is 1. The molecule has 0 bridgehead atoms.